The van der Waals surface area contributed by atoms with Crippen molar-refractivity contribution >= 4 is 34.1 Å². The summed E-state index contributed by atoms with van der Waals surface area (Å²) in [4.78, 5) is 24.0. The molecule has 2 amide bonds. The van der Waals surface area contributed by atoms with Crippen LogP contribution in [0.2, 0.25) is 0 Å². The lowest BCUT2D eigenvalue weighted by molar-refractivity contribution is -0.132. The number of hydrogen-bond acceptors (Lipinski definition) is 5. The Labute approximate surface area is 135 Å². The van der Waals surface area contributed by atoms with Crippen molar-refractivity contribution in [3.8, 4) is 11.5 Å². The van der Waals surface area contributed by atoms with Gasteiger partial charge in [0.1, 0.15) is 0 Å². The van der Waals surface area contributed by atoms with Gasteiger partial charge in [0.05, 0.1) is 11.7 Å². The van der Waals surface area contributed by atoms with E-state index in [1.807, 2.05) is 0 Å². The number of aromatic amines is 1. The number of carbonyl (C=O) groups is 2. The van der Waals surface area contributed by atoms with E-state index < -0.39 is 11.8 Å². The van der Waals surface area contributed by atoms with Crippen molar-refractivity contribution in [3.05, 3.63) is 42.6 Å². The first-order chi connectivity index (χ1) is 11.7. The highest BCUT2D eigenvalue weighted by Crippen LogP contribution is 2.34. The number of nitrogens with zero attached hydrogens (tertiary/aromatic N) is 1. The Balaban J connectivity index is 1.44. The van der Waals surface area contributed by atoms with Crippen LogP contribution in [0, 0.1) is 0 Å². The highest BCUT2D eigenvalue weighted by Gasteiger charge is 2.17. The molecule has 1 aliphatic rings. The molecule has 0 saturated carbocycles. The van der Waals surface area contributed by atoms with Crippen molar-refractivity contribution in [1.29, 1.82) is 0 Å². The molecule has 2 aromatic carbocycles. The van der Waals surface area contributed by atoms with E-state index in [4.69, 9.17) is 9.47 Å². The van der Waals surface area contributed by atoms with Crippen LogP contribution in [0.4, 0.5) is 11.4 Å². The number of H-pyrrole nitrogens is 1. The molecule has 0 saturated heterocycles. The van der Waals surface area contributed by atoms with Crippen LogP contribution in [-0.4, -0.2) is 28.8 Å². The highest BCUT2D eigenvalue weighted by atomic mass is 16.7. The topological polar surface area (TPSA) is 105 Å². The zero-order valence-electron chi connectivity index (χ0n) is 12.3. The van der Waals surface area contributed by atoms with Crippen LogP contribution >= 0.6 is 0 Å². The molecule has 0 aliphatic carbocycles. The first-order valence-corrected chi connectivity index (χ1v) is 7.14. The largest absolute Gasteiger partial charge is 0.454 e. The Morgan fingerprint density at radius 1 is 0.958 bits per heavy atom. The van der Waals surface area contributed by atoms with Gasteiger partial charge in [0.25, 0.3) is 0 Å². The number of anilines is 2. The SMILES string of the molecule is O=C(Nc1ccc2c(c1)OCO2)C(=O)Nc1ccc2cn[nH]c2c1. The van der Waals surface area contributed by atoms with Crippen LogP contribution in [-0.2, 0) is 9.59 Å². The van der Waals surface area contributed by atoms with E-state index >= 15 is 0 Å². The number of fused-ring (bicyclic) bond motifs is 2. The third-order valence-electron chi connectivity index (χ3n) is 3.54. The normalized spacial score (nSPS) is 12.2. The second kappa shape index (κ2) is 5.58. The van der Waals surface area contributed by atoms with Crippen LogP contribution in [0.5, 0.6) is 11.5 Å². The summed E-state index contributed by atoms with van der Waals surface area (Å²) in [5.74, 6) is -0.423. The van der Waals surface area contributed by atoms with E-state index in [0.29, 0.717) is 22.9 Å². The molecule has 0 bridgehead atoms. The summed E-state index contributed by atoms with van der Waals surface area (Å²) < 4.78 is 10.4. The van der Waals surface area contributed by atoms with Gasteiger partial charge >= 0.3 is 11.8 Å². The summed E-state index contributed by atoms with van der Waals surface area (Å²) >= 11 is 0. The number of amides is 2. The molecule has 0 atom stereocenters. The predicted molar refractivity (Wildman–Crippen MR) is 85.9 cm³/mol. The number of ether oxygens (including phenoxy) is 2. The number of benzene rings is 2. The molecule has 4 rings (SSSR count). The summed E-state index contributed by atoms with van der Waals surface area (Å²) in [5, 5.41) is 12.7. The molecular weight excluding hydrogens is 312 g/mol. The van der Waals surface area contributed by atoms with E-state index in [-0.39, 0.29) is 6.79 Å². The first kappa shape index (κ1) is 14.1. The van der Waals surface area contributed by atoms with E-state index in [1.165, 1.54) is 0 Å². The fraction of sp³-hybridized carbons (Fsp3) is 0.0625. The third-order valence-corrected chi connectivity index (χ3v) is 3.54. The molecule has 0 radical (unpaired) electrons. The second-order valence-corrected chi connectivity index (χ2v) is 5.15. The van der Waals surface area contributed by atoms with Gasteiger partial charge in [0.15, 0.2) is 11.5 Å². The minimum absolute atomic E-state index is 0.142. The Bertz CT molecular complexity index is 950. The molecule has 120 valence electrons. The van der Waals surface area contributed by atoms with Crippen molar-refractivity contribution in [3.63, 3.8) is 0 Å². The van der Waals surface area contributed by atoms with Crippen LogP contribution in [0.1, 0.15) is 0 Å². The number of nitrogens with one attached hydrogen (secondary N) is 3. The minimum Gasteiger partial charge on any atom is -0.454 e. The van der Waals surface area contributed by atoms with Gasteiger partial charge in [0.2, 0.25) is 6.79 Å². The van der Waals surface area contributed by atoms with Gasteiger partial charge in [0, 0.05) is 22.8 Å². The van der Waals surface area contributed by atoms with E-state index in [1.54, 1.807) is 42.6 Å². The monoisotopic (exact) mass is 324 g/mol. The molecule has 3 aromatic rings. The average Bonchev–Trinajstić information content (AvgIpc) is 3.22. The van der Waals surface area contributed by atoms with Gasteiger partial charge in [-0.15, -0.1) is 0 Å². The molecule has 0 fully saturated rings. The van der Waals surface area contributed by atoms with Gasteiger partial charge in [-0.05, 0) is 30.3 Å². The van der Waals surface area contributed by atoms with Crippen LogP contribution < -0.4 is 20.1 Å². The Morgan fingerprint density at radius 2 is 1.67 bits per heavy atom. The van der Waals surface area contributed by atoms with Gasteiger partial charge in [-0.25, -0.2) is 0 Å². The predicted octanol–water partition coefficient (Wildman–Crippen LogP) is 1.87. The van der Waals surface area contributed by atoms with Gasteiger partial charge in [-0.2, -0.15) is 5.10 Å². The molecule has 0 unspecified atom stereocenters. The molecule has 1 aromatic heterocycles. The zero-order valence-corrected chi connectivity index (χ0v) is 12.3. The van der Waals surface area contributed by atoms with E-state index in [0.717, 1.165) is 10.9 Å². The quantitative estimate of drug-likeness (QED) is 0.624. The maximum Gasteiger partial charge on any atom is 0.314 e. The van der Waals surface area contributed by atoms with Crippen molar-refractivity contribution in [2.75, 3.05) is 17.4 Å². The first-order valence-electron chi connectivity index (χ1n) is 7.14. The minimum atomic E-state index is -0.779. The molecule has 3 N–H and O–H groups in total. The number of aromatic nitrogens is 2. The van der Waals surface area contributed by atoms with Gasteiger partial charge in [-0.3, -0.25) is 14.7 Å². The molecule has 2 heterocycles. The van der Waals surface area contributed by atoms with Crippen molar-refractivity contribution < 1.29 is 19.1 Å². The lowest BCUT2D eigenvalue weighted by Crippen LogP contribution is -2.29. The number of rotatable bonds is 2. The molecular formula is C16H12N4O4. The second-order valence-electron chi connectivity index (χ2n) is 5.15. The van der Waals surface area contributed by atoms with Crippen LogP contribution in [0.15, 0.2) is 42.6 Å². The standard InChI is InChI=1S/C16H12N4O4/c21-15(18-10-2-1-9-7-17-20-12(9)5-10)16(22)19-11-3-4-13-14(6-11)24-8-23-13/h1-7H,8H2,(H,17,20)(H,18,21)(H,19,22). The van der Waals surface area contributed by atoms with Crippen molar-refractivity contribution in [2.45, 2.75) is 0 Å². The smallest absolute Gasteiger partial charge is 0.314 e. The molecule has 0 spiro atoms. The summed E-state index contributed by atoms with van der Waals surface area (Å²) in [5.41, 5.74) is 1.71. The lowest BCUT2D eigenvalue weighted by Gasteiger charge is -2.07. The zero-order chi connectivity index (χ0) is 16.5. The molecule has 24 heavy (non-hydrogen) atoms. The lowest BCUT2D eigenvalue weighted by atomic mass is 10.2. The van der Waals surface area contributed by atoms with E-state index in [2.05, 4.69) is 20.8 Å². The Morgan fingerprint density at radius 3 is 2.50 bits per heavy atom. The molecule has 8 nitrogen and oxygen atoms in total. The van der Waals surface area contributed by atoms with E-state index in [9.17, 15) is 9.59 Å². The summed E-state index contributed by atoms with van der Waals surface area (Å²) in [6.45, 7) is 0.142. The summed E-state index contributed by atoms with van der Waals surface area (Å²) in [6, 6.07) is 10.1. The Kier molecular flexibility index (Phi) is 3.27. The number of carbonyl (C=O) groups excluding carboxylic acids is 2. The van der Waals surface area contributed by atoms with Crippen molar-refractivity contribution in [1.82, 2.24) is 10.2 Å². The van der Waals surface area contributed by atoms with Gasteiger partial charge < -0.3 is 20.1 Å². The van der Waals surface area contributed by atoms with Crippen molar-refractivity contribution in [2.24, 2.45) is 0 Å². The maximum absolute atomic E-state index is 12.0. The maximum atomic E-state index is 12.0. The molecule has 8 heteroatoms. The summed E-state index contributed by atoms with van der Waals surface area (Å²) in [6.07, 6.45) is 1.67. The van der Waals surface area contributed by atoms with Crippen LogP contribution in [0.25, 0.3) is 10.9 Å². The number of hydrogen-bond donors (Lipinski definition) is 3. The summed E-state index contributed by atoms with van der Waals surface area (Å²) in [7, 11) is 0. The van der Waals surface area contributed by atoms with Gasteiger partial charge in [-0.1, -0.05) is 0 Å². The fourth-order valence-corrected chi connectivity index (χ4v) is 2.36. The molecule has 1 aliphatic heterocycles. The Hall–Kier alpha value is -3.55. The third kappa shape index (κ3) is 2.60. The fourth-order valence-electron chi connectivity index (χ4n) is 2.36. The van der Waals surface area contributed by atoms with Crippen LogP contribution in [0.3, 0.4) is 0 Å². The average molecular weight is 324 g/mol. The highest BCUT2D eigenvalue weighted by molar-refractivity contribution is 6.43.